The Hall–Kier alpha value is -5.49. The molecule has 0 aliphatic rings. The van der Waals surface area contributed by atoms with Gasteiger partial charge >= 0.3 is 0 Å². The molecule has 0 radical (unpaired) electrons. The van der Waals surface area contributed by atoms with Gasteiger partial charge in [0.25, 0.3) is 0 Å². The standard InChI is InChI=1S/C33H21N5O/c1-4-13-28-23(9-1)25-18-17-22(37-27-12-3-2-10-24(27)26-11-8-20-35-33(26)37)21-29(25)38(28)30-14-7-16-32(36-30)39-31-15-5-6-19-34-31/h1-21H. The Kier molecular flexibility index (Phi) is 4.72. The first-order chi connectivity index (χ1) is 19.3. The van der Waals surface area contributed by atoms with Crippen molar-refractivity contribution in [2.45, 2.75) is 0 Å². The van der Waals surface area contributed by atoms with E-state index in [9.17, 15) is 0 Å². The lowest BCUT2D eigenvalue weighted by atomic mass is 10.1. The van der Waals surface area contributed by atoms with E-state index >= 15 is 0 Å². The van der Waals surface area contributed by atoms with Crippen molar-refractivity contribution in [2.75, 3.05) is 0 Å². The van der Waals surface area contributed by atoms with Crippen LogP contribution >= 0.6 is 0 Å². The maximum absolute atomic E-state index is 5.97. The smallest absolute Gasteiger partial charge is 0.223 e. The minimum atomic E-state index is 0.486. The Morgan fingerprint density at radius 3 is 2.03 bits per heavy atom. The summed E-state index contributed by atoms with van der Waals surface area (Å²) < 4.78 is 10.4. The highest BCUT2D eigenvalue weighted by Gasteiger charge is 2.17. The van der Waals surface area contributed by atoms with Crippen molar-refractivity contribution in [3.05, 3.63) is 128 Å². The highest BCUT2D eigenvalue weighted by molar-refractivity contribution is 6.11. The molecule has 0 bridgehead atoms. The first-order valence-electron chi connectivity index (χ1n) is 12.8. The fourth-order valence-corrected chi connectivity index (χ4v) is 5.50. The summed E-state index contributed by atoms with van der Waals surface area (Å²) in [4.78, 5) is 13.9. The summed E-state index contributed by atoms with van der Waals surface area (Å²) in [6, 6.07) is 39.0. The molecule has 5 aromatic heterocycles. The van der Waals surface area contributed by atoms with Crippen molar-refractivity contribution >= 4 is 43.7 Å². The second-order valence-corrected chi connectivity index (χ2v) is 9.39. The number of fused-ring (bicyclic) bond motifs is 6. The molecule has 5 heterocycles. The van der Waals surface area contributed by atoms with Crippen LogP contribution in [-0.2, 0) is 0 Å². The average Bonchev–Trinajstić information content (AvgIpc) is 3.50. The van der Waals surface area contributed by atoms with Gasteiger partial charge in [0.2, 0.25) is 11.8 Å². The summed E-state index contributed by atoms with van der Waals surface area (Å²) in [5.74, 6) is 1.76. The third kappa shape index (κ3) is 3.39. The summed E-state index contributed by atoms with van der Waals surface area (Å²) in [6.45, 7) is 0. The van der Waals surface area contributed by atoms with Crippen LogP contribution < -0.4 is 4.74 Å². The van der Waals surface area contributed by atoms with Crippen LogP contribution in [0.1, 0.15) is 0 Å². The largest absolute Gasteiger partial charge is 0.421 e. The quantitative estimate of drug-likeness (QED) is 0.245. The molecule has 0 unspecified atom stereocenters. The minimum absolute atomic E-state index is 0.486. The second-order valence-electron chi connectivity index (χ2n) is 9.39. The predicted octanol–water partition coefficient (Wildman–Crippen LogP) is 7.86. The summed E-state index contributed by atoms with van der Waals surface area (Å²) >= 11 is 0. The molecule has 0 saturated carbocycles. The van der Waals surface area contributed by atoms with Crippen molar-refractivity contribution in [1.29, 1.82) is 0 Å². The van der Waals surface area contributed by atoms with Crippen LogP contribution in [0.25, 0.3) is 55.2 Å². The highest BCUT2D eigenvalue weighted by atomic mass is 16.5. The molecule has 0 atom stereocenters. The first kappa shape index (κ1) is 21.6. The first-order valence-corrected chi connectivity index (χ1v) is 12.8. The van der Waals surface area contributed by atoms with Crippen LogP contribution in [0.4, 0.5) is 0 Å². The van der Waals surface area contributed by atoms with E-state index < -0.39 is 0 Å². The zero-order valence-corrected chi connectivity index (χ0v) is 20.8. The lowest BCUT2D eigenvalue weighted by molar-refractivity contribution is 0.444. The summed E-state index contributed by atoms with van der Waals surface area (Å²) in [7, 11) is 0. The lowest BCUT2D eigenvalue weighted by Crippen LogP contribution is -2.00. The van der Waals surface area contributed by atoms with Gasteiger partial charge in [-0.15, -0.1) is 0 Å². The van der Waals surface area contributed by atoms with Crippen LogP contribution in [-0.4, -0.2) is 24.1 Å². The molecule has 6 heteroatoms. The van der Waals surface area contributed by atoms with Crippen molar-refractivity contribution in [3.63, 3.8) is 0 Å². The molecule has 184 valence electrons. The number of hydrogen-bond donors (Lipinski definition) is 0. The minimum Gasteiger partial charge on any atom is -0.421 e. The number of para-hydroxylation sites is 2. The summed E-state index contributed by atoms with van der Waals surface area (Å²) in [5.41, 5.74) is 5.23. The van der Waals surface area contributed by atoms with Gasteiger partial charge in [0, 0.05) is 51.8 Å². The SMILES string of the molecule is c1ccc(Oc2cccc(-n3c4ccccc4c4ccc(-n5c6ccccc6c6cccnc65)cc43)n2)nc1. The highest BCUT2D eigenvalue weighted by Crippen LogP contribution is 2.36. The number of rotatable bonds is 4. The predicted molar refractivity (Wildman–Crippen MR) is 155 cm³/mol. The van der Waals surface area contributed by atoms with Gasteiger partial charge in [-0.3, -0.25) is 9.13 Å². The van der Waals surface area contributed by atoms with E-state index in [2.05, 4.69) is 86.9 Å². The lowest BCUT2D eigenvalue weighted by Gasteiger charge is -2.11. The fourth-order valence-electron chi connectivity index (χ4n) is 5.50. The van der Waals surface area contributed by atoms with E-state index in [0.717, 1.165) is 49.9 Å². The van der Waals surface area contributed by atoms with E-state index in [1.54, 1.807) is 6.20 Å². The molecule has 0 amide bonds. The van der Waals surface area contributed by atoms with Gasteiger partial charge in [-0.25, -0.2) is 9.97 Å². The van der Waals surface area contributed by atoms with Crippen LogP contribution in [0.3, 0.4) is 0 Å². The van der Waals surface area contributed by atoms with E-state index in [1.165, 1.54) is 5.39 Å². The number of hydrogen-bond acceptors (Lipinski definition) is 4. The topological polar surface area (TPSA) is 57.8 Å². The molecular weight excluding hydrogens is 482 g/mol. The molecular formula is C33H21N5O. The van der Waals surface area contributed by atoms with Crippen molar-refractivity contribution in [1.82, 2.24) is 24.1 Å². The zero-order chi connectivity index (χ0) is 25.8. The van der Waals surface area contributed by atoms with Crippen molar-refractivity contribution < 1.29 is 4.74 Å². The molecule has 8 rings (SSSR count). The monoisotopic (exact) mass is 503 g/mol. The molecule has 0 aliphatic heterocycles. The van der Waals surface area contributed by atoms with Crippen molar-refractivity contribution in [2.24, 2.45) is 0 Å². The van der Waals surface area contributed by atoms with Gasteiger partial charge < -0.3 is 4.74 Å². The van der Waals surface area contributed by atoms with E-state index in [1.807, 2.05) is 48.7 Å². The fraction of sp³-hybridized carbons (Fsp3) is 0. The maximum Gasteiger partial charge on any atom is 0.223 e. The molecule has 0 spiro atoms. The third-order valence-electron chi connectivity index (χ3n) is 7.13. The molecule has 0 aliphatic carbocycles. The molecule has 8 aromatic rings. The number of pyridine rings is 3. The Bertz CT molecular complexity index is 2110. The van der Waals surface area contributed by atoms with Gasteiger partial charge in [0.1, 0.15) is 11.5 Å². The molecule has 3 aromatic carbocycles. The Morgan fingerprint density at radius 2 is 1.18 bits per heavy atom. The molecule has 39 heavy (non-hydrogen) atoms. The van der Waals surface area contributed by atoms with Gasteiger partial charge in [-0.1, -0.05) is 54.6 Å². The maximum atomic E-state index is 5.97. The van der Waals surface area contributed by atoms with Gasteiger partial charge in [-0.05, 0) is 48.5 Å². The van der Waals surface area contributed by atoms with Crippen molar-refractivity contribution in [3.8, 4) is 23.3 Å². The zero-order valence-electron chi connectivity index (χ0n) is 20.8. The number of benzene rings is 3. The molecule has 6 nitrogen and oxygen atoms in total. The Labute approximate surface area is 223 Å². The summed E-state index contributed by atoms with van der Waals surface area (Å²) in [5, 5.41) is 4.63. The third-order valence-corrected chi connectivity index (χ3v) is 7.13. The van der Waals surface area contributed by atoms with E-state index in [4.69, 9.17) is 14.7 Å². The number of ether oxygens (including phenoxy) is 1. The summed E-state index contributed by atoms with van der Waals surface area (Å²) in [6.07, 6.45) is 3.56. The van der Waals surface area contributed by atoms with Crippen LogP contribution in [0.5, 0.6) is 11.8 Å². The van der Waals surface area contributed by atoms with Gasteiger partial charge in [-0.2, -0.15) is 4.98 Å². The van der Waals surface area contributed by atoms with E-state index in [-0.39, 0.29) is 0 Å². The van der Waals surface area contributed by atoms with Gasteiger partial charge in [0.05, 0.1) is 16.6 Å². The molecule has 0 fully saturated rings. The van der Waals surface area contributed by atoms with Crippen LogP contribution in [0.2, 0.25) is 0 Å². The van der Waals surface area contributed by atoms with Crippen LogP contribution in [0.15, 0.2) is 128 Å². The van der Waals surface area contributed by atoms with Crippen LogP contribution in [0, 0.1) is 0 Å². The molecule has 0 saturated heterocycles. The average molecular weight is 504 g/mol. The van der Waals surface area contributed by atoms with Gasteiger partial charge in [0.15, 0.2) is 0 Å². The Morgan fingerprint density at radius 1 is 0.487 bits per heavy atom. The normalized spacial score (nSPS) is 11.6. The number of nitrogens with zero attached hydrogens (tertiary/aromatic N) is 5. The molecule has 0 N–H and O–H groups in total. The Balaban J connectivity index is 1.38. The number of aromatic nitrogens is 5. The second kappa shape index (κ2) is 8.53. The van der Waals surface area contributed by atoms with E-state index in [0.29, 0.717) is 11.8 Å².